The molecule has 1 aromatic rings. The van der Waals surface area contributed by atoms with E-state index in [1.807, 2.05) is 0 Å². The molecule has 1 aromatic heterocycles. The normalized spacial score (nSPS) is 13.2. The number of nitrogen functional groups attached to an aromatic ring is 1. The smallest absolute Gasteiger partial charge is 0.216 e. The number of H-pyrrole nitrogens is 1. The highest BCUT2D eigenvalue weighted by Crippen LogP contribution is 2.13. The summed E-state index contributed by atoms with van der Waals surface area (Å²) >= 11 is 1.23. The van der Waals surface area contributed by atoms with Crippen LogP contribution in [0.1, 0.15) is 0 Å². The van der Waals surface area contributed by atoms with Gasteiger partial charge in [-0.1, -0.05) is 11.8 Å². The molecule has 0 aliphatic heterocycles. The summed E-state index contributed by atoms with van der Waals surface area (Å²) in [5, 5.41) is 24.1. The van der Waals surface area contributed by atoms with Gasteiger partial charge in [-0.2, -0.15) is 4.98 Å². The van der Waals surface area contributed by atoms with Gasteiger partial charge in [-0.25, -0.2) is 5.10 Å². The first-order valence-corrected chi connectivity index (χ1v) is 4.30. The number of hydrogen-bond acceptors (Lipinski definition) is 6. The summed E-state index contributed by atoms with van der Waals surface area (Å²) in [4.78, 5) is 3.80. The quantitative estimate of drug-likeness (QED) is 0.446. The van der Waals surface area contributed by atoms with Gasteiger partial charge in [-0.3, -0.25) is 0 Å². The van der Waals surface area contributed by atoms with Crippen LogP contribution in [0, 0.1) is 0 Å². The molecule has 1 atom stereocenters. The van der Waals surface area contributed by atoms with E-state index in [1.54, 1.807) is 0 Å². The highest BCUT2D eigenvalue weighted by atomic mass is 32.2. The molecule has 68 valence electrons. The summed E-state index contributed by atoms with van der Waals surface area (Å²) in [5.74, 6) is 0.601. The van der Waals surface area contributed by atoms with E-state index in [1.165, 1.54) is 11.8 Å². The van der Waals surface area contributed by atoms with Crippen molar-refractivity contribution in [2.45, 2.75) is 11.3 Å². The van der Waals surface area contributed by atoms with Crippen LogP contribution in [0.5, 0.6) is 0 Å². The molecule has 0 radical (unpaired) electrons. The van der Waals surface area contributed by atoms with Gasteiger partial charge in [0.1, 0.15) is 0 Å². The minimum atomic E-state index is -0.741. The lowest BCUT2D eigenvalue weighted by atomic mass is 10.4. The minimum absolute atomic E-state index is 0.246. The molecule has 5 N–H and O–H groups in total. The maximum atomic E-state index is 8.96. The van der Waals surface area contributed by atoms with Gasteiger partial charge in [0.25, 0.3) is 0 Å². The SMILES string of the molecule is Nc1nc(SCC(O)CO)n[nH]1. The van der Waals surface area contributed by atoms with Gasteiger partial charge in [0, 0.05) is 5.75 Å². The second-order valence-electron chi connectivity index (χ2n) is 2.15. The molecule has 0 spiro atoms. The van der Waals surface area contributed by atoms with Gasteiger partial charge in [-0.15, -0.1) is 5.10 Å². The zero-order valence-corrected chi connectivity index (χ0v) is 7.08. The standard InChI is InChI=1S/C5H10N4O2S/c6-4-7-5(9-8-4)12-2-3(11)1-10/h3,10-11H,1-2H2,(H3,6,7,8,9). The topological polar surface area (TPSA) is 108 Å². The Bertz CT molecular complexity index is 241. The van der Waals surface area contributed by atoms with Crippen molar-refractivity contribution in [1.29, 1.82) is 0 Å². The Morgan fingerprint density at radius 1 is 1.67 bits per heavy atom. The molecule has 0 fully saturated rings. The molecule has 0 aliphatic carbocycles. The molecule has 0 saturated heterocycles. The van der Waals surface area contributed by atoms with Crippen molar-refractivity contribution in [2.24, 2.45) is 0 Å². The third kappa shape index (κ3) is 2.68. The Morgan fingerprint density at radius 3 is 2.92 bits per heavy atom. The van der Waals surface area contributed by atoms with E-state index < -0.39 is 6.10 Å². The van der Waals surface area contributed by atoms with Crippen molar-refractivity contribution in [2.75, 3.05) is 18.1 Å². The molecule has 1 unspecified atom stereocenters. The number of thioether (sulfide) groups is 1. The maximum absolute atomic E-state index is 8.96. The predicted octanol–water partition coefficient (Wildman–Crippen LogP) is -1.17. The fourth-order valence-electron chi connectivity index (χ4n) is 0.546. The molecular weight excluding hydrogens is 180 g/mol. The van der Waals surface area contributed by atoms with Crippen molar-refractivity contribution in [1.82, 2.24) is 15.2 Å². The number of anilines is 1. The Balaban J connectivity index is 2.33. The molecule has 0 aromatic carbocycles. The van der Waals surface area contributed by atoms with Crippen LogP contribution in [-0.4, -0.2) is 43.9 Å². The third-order valence-electron chi connectivity index (χ3n) is 1.10. The number of aliphatic hydroxyl groups excluding tert-OH is 2. The van der Waals surface area contributed by atoms with E-state index >= 15 is 0 Å². The second kappa shape index (κ2) is 4.29. The molecule has 1 rings (SSSR count). The van der Waals surface area contributed by atoms with Gasteiger partial charge < -0.3 is 15.9 Å². The summed E-state index contributed by atoms with van der Waals surface area (Å²) in [6, 6.07) is 0. The van der Waals surface area contributed by atoms with Crippen LogP contribution in [-0.2, 0) is 0 Å². The molecular formula is C5H10N4O2S. The predicted molar refractivity (Wildman–Crippen MR) is 44.6 cm³/mol. The van der Waals surface area contributed by atoms with Crippen molar-refractivity contribution in [3.8, 4) is 0 Å². The number of rotatable bonds is 4. The van der Waals surface area contributed by atoms with Crippen molar-refractivity contribution in [3.05, 3.63) is 0 Å². The summed E-state index contributed by atoms with van der Waals surface area (Å²) in [5.41, 5.74) is 5.26. The third-order valence-corrected chi connectivity index (χ3v) is 2.09. The monoisotopic (exact) mass is 190 g/mol. The van der Waals surface area contributed by atoms with E-state index in [0.717, 1.165) is 0 Å². The number of nitrogens with two attached hydrogens (primary N) is 1. The lowest BCUT2D eigenvalue weighted by Gasteiger charge is -2.02. The minimum Gasteiger partial charge on any atom is -0.394 e. The largest absolute Gasteiger partial charge is 0.394 e. The van der Waals surface area contributed by atoms with Gasteiger partial charge in [-0.05, 0) is 0 Å². The lowest BCUT2D eigenvalue weighted by molar-refractivity contribution is 0.113. The van der Waals surface area contributed by atoms with Crippen molar-refractivity contribution in [3.63, 3.8) is 0 Å². The van der Waals surface area contributed by atoms with Gasteiger partial charge in [0.05, 0.1) is 12.7 Å². The summed E-state index contributed by atoms with van der Waals surface area (Å²) in [7, 11) is 0. The zero-order chi connectivity index (χ0) is 8.97. The molecule has 12 heavy (non-hydrogen) atoms. The molecule has 0 saturated carbocycles. The second-order valence-corrected chi connectivity index (χ2v) is 3.14. The Morgan fingerprint density at radius 2 is 2.42 bits per heavy atom. The highest BCUT2D eigenvalue weighted by Gasteiger charge is 2.05. The van der Waals surface area contributed by atoms with Gasteiger partial charge in [0.2, 0.25) is 11.1 Å². The first-order valence-electron chi connectivity index (χ1n) is 3.32. The lowest BCUT2D eigenvalue weighted by Crippen LogP contribution is -2.14. The molecule has 0 bridgehead atoms. The summed E-state index contributed by atoms with van der Waals surface area (Å²) in [6.07, 6.45) is -0.741. The van der Waals surface area contributed by atoms with E-state index in [0.29, 0.717) is 10.9 Å². The summed E-state index contributed by atoms with van der Waals surface area (Å²) < 4.78 is 0. The average molecular weight is 190 g/mol. The number of aromatic nitrogens is 3. The van der Waals surface area contributed by atoms with Crippen LogP contribution in [0.2, 0.25) is 0 Å². The van der Waals surface area contributed by atoms with Crippen molar-refractivity contribution >= 4 is 17.7 Å². The number of hydrogen-bond donors (Lipinski definition) is 4. The fourth-order valence-corrected chi connectivity index (χ4v) is 1.27. The number of nitrogens with zero attached hydrogens (tertiary/aromatic N) is 2. The number of nitrogens with one attached hydrogen (secondary N) is 1. The van der Waals surface area contributed by atoms with Crippen LogP contribution < -0.4 is 5.73 Å². The van der Waals surface area contributed by atoms with Crippen LogP contribution in [0.4, 0.5) is 5.95 Å². The number of aliphatic hydroxyl groups is 2. The first kappa shape index (κ1) is 9.30. The van der Waals surface area contributed by atoms with E-state index in [9.17, 15) is 0 Å². The molecule has 7 heteroatoms. The Hall–Kier alpha value is -0.790. The zero-order valence-electron chi connectivity index (χ0n) is 6.27. The fraction of sp³-hybridized carbons (Fsp3) is 0.600. The van der Waals surface area contributed by atoms with E-state index in [-0.39, 0.29) is 12.6 Å². The van der Waals surface area contributed by atoms with E-state index in [2.05, 4.69) is 15.2 Å². The molecule has 0 amide bonds. The van der Waals surface area contributed by atoms with Gasteiger partial charge >= 0.3 is 0 Å². The highest BCUT2D eigenvalue weighted by molar-refractivity contribution is 7.99. The van der Waals surface area contributed by atoms with Crippen LogP contribution in [0.3, 0.4) is 0 Å². The molecule has 1 heterocycles. The van der Waals surface area contributed by atoms with E-state index in [4.69, 9.17) is 15.9 Å². The first-order chi connectivity index (χ1) is 5.72. The molecule has 0 aliphatic rings. The van der Waals surface area contributed by atoms with Crippen LogP contribution in [0.15, 0.2) is 5.16 Å². The van der Waals surface area contributed by atoms with Gasteiger partial charge in [0.15, 0.2) is 0 Å². The van der Waals surface area contributed by atoms with Crippen molar-refractivity contribution < 1.29 is 10.2 Å². The average Bonchev–Trinajstić information content (AvgIpc) is 2.47. The Kier molecular flexibility index (Phi) is 3.32. The molecule has 6 nitrogen and oxygen atoms in total. The van der Waals surface area contributed by atoms with Crippen LogP contribution >= 0.6 is 11.8 Å². The summed E-state index contributed by atoms with van der Waals surface area (Å²) in [6.45, 7) is -0.257. The number of aromatic amines is 1. The Labute approximate surface area is 73.2 Å². The van der Waals surface area contributed by atoms with Crippen LogP contribution in [0.25, 0.3) is 0 Å². The maximum Gasteiger partial charge on any atom is 0.216 e.